The summed E-state index contributed by atoms with van der Waals surface area (Å²) in [6.45, 7) is 7.63. The molecule has 5 heteroatoms. The van der Waals surface area contributed by atoms with Crippen molar-refractivity contribution in [1.29, 1.82) is 0 Å². The first-order valence-electron chi connectivity index (χ1n) is 8.50. The Bertz CT molecular complexity index is 870. The van der Waals surface area contributed by atoms with Crippen LogP contribution >= 0.6 is 0 Å². The number of imidazole rings is 1. The van der Waals surface area contributed by atoms with Gasteiger partial charge in [-0.25, -0.2) is 9.97 Å². The third kappa shape index (κ3) is 3.60. The SMILES string of the molecule is C=CCN(Cc1nc2cccnc2n1CCC)C(=O)c1ccccc1. The number of aryl methyl sites for hydroxylation is 1. The Labute approximate surface area is 147 Å². The van der Waals surface area contributed by atoms with Crippen molar-refractivity contribution in [1.82, 2.24) is 19.4 Å². The van der Waals surface area contributed by atoms with E-state index in [1.165, 1.54) is 0 Å². The van der Waals surface area contributed by atoms with Gasteiger partial charge in [-0.15, -0.1) is 6.58 Å². The highest BCUT2D eigenvalue weighted by atomic mass is 16.2. The molecule has 0 aliphatic rings. The zero-order chi connectivity index (χ0) is 17.6. The van der Waals surface area contributed by atoms with Gasteiger partial charge in [0.25, 0.3) is 5.91 Å². The number of benzene rings is 1. The summed E-state index contributed by atoms with van der Waals surface area (Å²) in [5, 5.41) is 0. The Balaban J connectivity index is 1.94. The summed E-state index contributed by atoms with van der Waals surface area (Å²) >= 11 is 0. The number of aromatic nitrogens is 3. The number of amides is 1. The molecule has 0 N–H and O–H groups in total. The van der Waals surface area contributed by atoms with E-state index in [1.54, 1.807) is 17.2 Å². The van der Waals surface area contributed by atoms with Gasteiger partial charge < -0.3 is 9.47 Å². The molecule has 0 spiro atoms. The van der Waals surface area contributed by atoms with Gasteiger partial charge in [0.05, 0.1) is 6.54 Å². The lowest BCUT2D eigenvalue weighted by atomic mass is 10.2. The largest absolute Gasteiger partial charge is 0.327 e. The molecule has 3 rings (SSSR count). The minimum Gasteiger partial charge on any atom is -0.327 e. The molecule has 3 aromatic rings. The van der Waals surface area contributed by atoms with Crippen LogP contribution in [0.15, 0.2) is 61.3 Å². The fourth-order valence-corrected chi connectivity index (χ4v) is 2.89. The van der Waals surface area contributed by atoms with Crippen LogP contribution in [0.25, 0.3) is 11.2 Å². The fourth-order valence-electron chi connectivity index (χ4n) is 2.89. The highest BCUT2D eigenvalue weighted by Crippen LogP contribution is 2.17. The van der Waals surface area contributed by atoms with Crippen LogP contribution in [0.1, 0.15) is 29.5 Å². The van der Waals surface area contributed by atoms with Crippen molar-refractivity contribution in [3.8, 4) is 0 Å². The van der Waals surface area contributed by atoms with Gasteiger partial charge in [-0.1, -0.05) is 31.2 Å². The lowest BCUT2D eigenvalue weighted by molar-refractivity contribution is 0.0757. The van der Waals surface area contributed by atoms with Crippen LogP contribution in [0, 0.1) is 0 Å². The Kier molecular flexibility index (Phi) is 5.23. The van der Waals surface area contributed by atoms with Crippen molar-refractivity contribution in [3.63, 3.8) is 0 Å². The summed E-state index contributed by atoms with van der Waals surface area (Å²) in [4.78, 5) is 23.8. The molecule has 1 amide bonds. The number of carbonyl (C=O) groups excluding carboxylic acids is 1. The van der Waals surface area contributed by atoms with E-state index in [2.05, 4.69) is 23.1 Å². The molecule has 5 nitrogen and oxygen atoms in total. The van der Waals surface area contributed by atoms with E-state index < -0.39 is 0 Å². The second-order valence-electron chi connectivity index (χ2n) is 5.87. The monoisotopic (exact) mass is 334 g/mol. The maximum Gasteiger partial charge on any atom is 0.254 e. The van der Waals surface area contributed by atoms with Crippen LogP contribution in [0.2, 0.25) is 0 Å². The fraction of sp³-hybridized carbons (Fsp3) is 0.250. The highest BCUT2D eigenvalue weighted by molar-refractivity contribution is 5.94. The minimum absolute atomic E-state index is 0.0245. The van der Waals surface area contributed by atoms with E-state index in [-0.39, 0.29) is 5.91 Å². The molecule has 0 saturated heterocycles. The van der Waals surface area contributed by atoms with Gasteiger partial charge in [-0.2, -0.15) is 0 Å². The Morgan fingerprint density at radius 1 is 1.24 bits per heavy atom. The first kappa shape index (κ1) is 16.9. The molecule has 1 aromatic carbocycles. The van der Waals surface area contributed by atoms with E-state index in [0.29, 0.717) is 18.7 Å². The van der Waals surface area contributed by atoms with Gasteiger partial charge in [0.2, 0.25) is 0 Å². The van der Waals surface area contributed by atoms with E-state index in [4.69, 9.17) is 4.98 Å². The normalized spacial score (nSPS) is 10.8. The third-order valence-electron chi connectivity index (χ3n) is 4.02. The molecule has 0 unspecified atom stereocenters. The molecule has 128 valence electrons. The molecular weight excluding hydrogens is 312 g/mol. The summed E-state index contributed by atoms with van der Waals surface area (Å²) in [5.41, 5.74) is 2.39. The van der Waals surface area contributed by atoms with Crippen molar-refractivity contribution >= 4 is 17.1 Å². The number of hydrogen-bond acceptors (Lipinski definition) is 3. The summed E-state index contributed by atoms with van der Waals surface area (Å²) in [6.07, 6.45) is 4.49. The number of carbonyl (C=O) groups is 1. The maximum absolute atomic E-state index is 12.8. The molecule has 0 atom stereocenters. The molecule has 2 heterocycles. The summed E-state index contributed by atoms with van der Waals surface area (Å²) in [5.74, 6) is 0.824. The first-order valence-corrected chi connectivity index (χ1v) is 8.50. The Hall–Kier alpha value is -2.95. The van der Waals surface area contributed by atoms with Crippen LogP contribution in [-0.2, 0) is 13.1 Å². The van der Waals surface area contributed by atoms with Crippen LogP contribution in [0.4, 0.5) is 0 Å². The summed E-state index contributed by atoms with van der Waals surface area (Å²) in [6, 6.07) is 13.1. The average molecular weight is 334 g/mol. The number of nitrogens with zero attached hydrogens (tertiary/aromatic N) is 4. The molecule has 0 fully saturated rings. The first-order chi connectivity index (χ1) is 12.2. The standard InChI is InChI=1S/C20H22N4O/c1-3-13-23(20(25)16-9-6-5-7-10-16)15-18-22-17-11-8-12-21-19(17)24(18)14-4-2/h3,5-12H,1,4,13-15H2,2H3. The van der Waals surface area contributed by atoms with Crippen molar-refractivity contribution in [3.05, 3.63) is 72.7 Å². The quantitative estimate of drug-likeness (QED) is 0.620. The Morgan fingerprint density at radius 2 is 2.04 bits per heavy atom. The summed E-state index contributed by atoms with van der Waals surface area (Å²) in [7, 11) is 0. The molecular formula is C20H22N4O. The second-order valence-corrected chi connectivity index (χ2v) is 5.87. The average Bonchev–Trinajstić information content (AvgIpc) is 2.99. The number of fused-ring (bicyclic) bond motifs is 1. The van der Waals surface area contributed by atoms with E-state index in [0.717, 1.165) is 30.0 Å². The van der Waals surface area contributed by atoms with Crippen molar-refractivity contribution in [2.45, 2.75) is 26.4 Å². The predicted molar refractivity (Wildman–Crippen MR) is 99.2 cm³/mol. The molecule has 2 aromatic heterocycles. The van der Waals surface area contributed by atoms with Crippen LogP contribution in [-0.4, -0.2) is 31.9 Å². The zero-order valence-corrected chi connectivity index (χ0v) is 14.4. The van der Waals surface area contributed by atoms with Crippen molar-refractivity contribution < 1.29 is 4.79 Å². The predicted octanol–water partition coefficient (Wildman–Crippen LogP) is 3.67. The zero-order valence-electron chi connectivity index (χ0n) is 14.4. The van der Waals surface area contributed by atoms with Gasteiger partial charge in [-0.3, -0.25) is 4.79 Å². The van der Waals surface area contributed by atoms with Gasteiger partial charge in [0.15, 0.2) is 5.65 Å². The van der Waals surface area contributed by atoms with Gasteiger partial charge in [0, 0.05) is 24.8 Å². The lowest BCUT2D eigenvalue weighted by Gasteiger charge is -2.21. The third-order valence-corrected chi connectivity index (χ3v) is 4.02. The second kappa shape index (κ2) is 7.75. The lowest BCUT2D eigenvalue weighted by Crippen LogP contribution is -2.32. The molecule has 0 aliphatic carbocycles. The molecule has 0 radical (unpaired) electrons. The van der Waals surface area contributed by atoms with E-state index in [9.17, 15) is 4.79 Å². The minimum atomic E-state index is -0.0245. The highest BCUT2D eigenvalue weighted by Gasteiger charge is 2.19. The smallest absolute Gasteiger partial charge is 0.254 e. The number of pyridine rings is 1. The topological polar surface area (TPSA) is 51.0 Å². The van der Waals surface area contributed by atoms with Gasteiger partial charge >= 0.3 is 0 Å². The van der Waals surface area contributed by atoms with Gasteiger partial charge in [0.1, 0.15) is 11.3 Å². The Morgan fingerprint density at radius 3 is 2.76 bits per heavy atom. The van der Waals surface area contributed by atoms with Gasteiger partial charge in [-0.05, 0) is 30.7 Å². The molecule has 0 saturated carbocycles. The summed E-state index contributed by atoms with van der Waals surface area (Å²) < 4.78 is 2.10. The molecule has 0 aliphatic heterocycles. The number of rotatable bonds is 7. The van der Waals surface area contributed by atoms with Crippen molar-refractivity contribution in [2.24, 2.45) is 0 Å². The van der Waals surface area contributed by atoms with Crippen molar-refractivity contribution in [2.75, 3.05) is 6.54 Å². The maximum atomic E-state index is 12.8. The molecule has 25 heavy (non-hydrogen) atoms. The molecule has 0 bridgehead atoms. The van der Waals surface area contributed by atoms with E-state index in [1.807, 2.05) is 42.5 Å². The number of hydrogen-bond donors (Lipinski definition) is 0. The van der Waals surface area contributed by atoms with E-state index >= 15 is 0 Å². The van der Waals surface area contributed by atoms with Crippen LogP contribution in [0.5, 0.6) is 0 Å². The van der Waals surface area contributed by atoms with Crippen LogP contribution < -0.4 is 0 Å². The van der Waals surface area contributed by atoms with Crippen LogP contribution in [0.3, 0.4) is 0 Å².